The number of ether oxygens (including phenoxy) is 1. The number of nitrogens with one attached hydrogen (secondary N) is 1. The van der Waals surface area contributed by atoms with Crippen molar-refractivity contribution >= 4 is 0 Å². The van der Waals surface area contributed by atoms with Gasteiger partial charge in [0.05, 0.1) is 7.11 Å². The molecule has 0 spiro atoms. The molecule has 0 atom stereocenters. The number of methoxy groups -OCH3 is 1. The predicted molar refractivity (Wildman–Crippen MR) is 52.6 cm³/mol. The third-order valence-corrected chi connectivity index (χ3v) is 1.67. The molecule has 0 saturated heterocycles. The maximum Gasteiger partial charge on any atom is 0.144 e. The number of aromatic nitrogens is 1. The van der Waals surface area contributed by atoms with E-state index in [1.54, 1.807) is 26.4 Å². The van der Waals surface area contributed by atoms with Gasteiger partial charge >= 0.3 is 0 Å². The van der Waals surface area contributed by atoms with E-state index in [4.69, 9.17) is 16.0 Å². The Hall–Kier alpha value is -1.57. The van der Waals surface area contributed by atoms with Crippen molar-refractivity contribution in [1.29, 1.82) is 0 Å². The van der Waals surface area contributed by atoms with Gasteiger partial charge in [0.15, 0.2) is 0 Å². The van der Waals surface area contributed by atoms with Gasteiger partial charge in [-0.3, -0.25) is 9.82 Å². The molecular formula is C10H12N2O2. The summed E-state index contributed by atoms with van der Waals surface area (Å²) in [5, 5.41) is 0. The highest BCUT2D eigenvalue weighted by atomic mass is 16.6. The number of rotatable bonds is 4. The van der Waals surface area contributed by atoms with Gasteiger partial charge in [-0.05, 0) is 6.07 Å². The fourth-order valence-electron chi connectivity index (χ4n) is 0.977. The molecule has 0 bridgehead atoms. The lowest BCUT2D eigenvalue weighted by Gasteiger charge is -2.07. The fourth-order valence-corrected chi connectivity index (χ4v) is 0.977. The molecule has 1 aromatic heterocycles. The van der Waals surface area contributed by atoms with E-state index in [1.165, 1.54) is 0 Å². The van der Waals surface area contributed by atoms with Gasteiger partial charge in [-0.15, -0.1) is 6.42 Å². The van der Waals surface area contributed by atoms with E-state index in [2.05, 4.69) is 16.4 Å². The Bertz CT molecular complexity index is 344. The van der Waals surface area contributed by atoms with Crippen LogP contribution in [-0.2, 0) is 11.4 Å². The van der Waals surface area contributed by atoms with Crippen molar-refractivity contribution in [3.63, 3.8) is 0 Å². The predicted octanol–water partition coefficient (Wildman–Crippen LogP) is 0.722. The molecule has 1 rings (SSSR count). The summed E-state index contributed by atoms with van der Waals surface area (Å²) in [5.74, 6) is 3.12. The van der Waals surface area contributed by atoms with Gasteiger partial charge < -0.3 is 4.74 Å². The first kappa shape index (κ1) is 10.5. The van der Waals surface area contributed by atoms with Crippen LogP contribution in [0.25, 0.3) is 0 Å². The van der Waals surface area contributed by atoms with Crippen LogP contribution in [0, 0.1) is 12.3 Å². The first-order chi connectivity index (χ1) is 6.81. The van der Waals surface area contributed by atoms with Gasteiger partial charge in [0.25, 0.3) is 0 Å². The second-order valence-corrected chi connectivity index (χ2v) is 2.51. The van der Waals surface area contributed by atoms with E-state index in [-0.39, 0.29) is 0 Å². The van der Waals surface area contributed by atoms with E-state index in [0.717, 1.165) is 0 Å². The highest BCUT2D eigenvalue weighted by Crippen LogP contribution is 2.17. The van der Waals surface area contributed by atoms with Crippen LogP contribution >= 0.6 is 0 Å². The lowest BCUT2D eigenvalue weighted by molar-refractivity contribution is 0.0412. The molecule has 0 amide bonds. The number of nitrogens with zero attached hydrogens (tertiary/aromatic N) is 1. The van der Waals surface area contributed by atoms with Crippen LogP contribution in [0.2, 0.25) is 0 Å². The number of terminal acetylenes is 1. The van der Waals surface area contributed by atoms with Crippen LogP contribution in [-0.4, -0.2) is 19.1 Å². The van der Waals surface area contributed by atoms with Crippen LogP contribution in [0.15, 0.2) is 12.3 Å². The summed E-state index contributed by atoms with van der Waals surface area (Å²) in [6.45, 7) is 0.338. The molecule has 0 fully saturated rings. The average Bonchev–Trinajstić information content (AvgIpc) is 2.26. The molecule has 14 heavy (non-hydrogen) atoms. The first-order valence-electron chi connectivity index (χ1n) is 4.10. The van der Waals surface area contributed by atoms with E-state index in [1.807, 2.05) is 0 Å². The Morgan fingerprint density at radius 3 is 3.00 bits per heavy atom. The molecule has 0 radical (unpaired) electrons. The molecule has 4 nitrogen and oxygen atoms in total. The van der Waals surface area contributed by atoms with Gasteiger partial charge in [0.1, 0.15) is 18.1 Å². The maximum absolute atomic E-state index is 5.23. The number of hydroxylamine groups is 1. The molecule has 1 N–H and O–H groups in total. The Kier molecular flexibility index (Phi) is 3.92. The average molecular weight is 192 g/mol. The van der Waals surface area contributed by atoms with E-state index >= 15 is 0 Å². The van der Waals surface area contributed by atoms with Crippen LogP contribution in [0.1, 0.15) is 11.3 Å². The Morgan fingerprint density at radius 1 is 1.64 bits per heavy atom. The third-order valence-electron chi connectivity index (χ3n) is 1.67. The third kappa shape index (κ3) is 2.46. The lowest BCUT2D eigenvalue weighted by Crippen LogP contribution is -2.09. The van der Waals surface area contributed by atoms with Crippen molar-refractivity contribution in [1.82, 2.24) is 10.5 Å². The largest absolute Gasteiger partial charge is 0.495 e. The van der Waals surface area contributed by atoms with E-state index in [9.17, 15) is 0 Å². The SMILES string of the molecule is C#Cc1cnc(CONC)c(OC)c1. The minimum Gasteiger partial charge on any atom is -0.495 e. The minimum atomic E-state index is 0.338. The van der Waals surface area contributed by atoms with Gasteiger partial charge in [0, 0.05) is 18.8 Å². The zero-order valence-corrected chi connectivity index (χ0v) is 8.20. The zero-order chi connectivity index (χ0) is 10.4. The molecule has 0 aliphatic rings. The van der Waals surface area contributed by atoms with Crippen molar-refractivity contribution in [2.45, 2.75) is 6.61 Å². The number of hydrogen-bond acceptors (Lipinski definition) is 4. The summed E-state index contributed by atoms with van der Waals surface area (Å²) in [6.07, 6.45) is 6.84. The lowest BCUT2D eigenvalue weighted by atomic mass is 10.2. The number of pyridine rings is 1. The smallest absolute Gasteiger partial charge is 0.144 e. The summed E-state index contributed by atoms with van der Waals surface area (Å²) in [4.78, 5) is 9.12. The molecule has 74 valence electrons. The van der Waals surface area contributed by atoms with E-state index < -0.39 is 0 Å². The molecule has 0 aliphatic carbocycles. The molecule has 0 aromatic carbocycles. The van der Waals surface area contributed by atoms with Gasteiger partial charge in [-0.2, -0.15) is 0 Å². The number of hydrogen-bond donors (Lipinski definition) is 1. The second kappa shape index (κ2) is 5.22. The molecule has 1 heterocycles. The topological polar surface area (TPSA) is 43.4 Å². The second-order valence-electron chi connectivity index (χ2n) is 2.51. The van der Waals surface area contributed by atoms with Crippen LogP contribution in [0.4, 0.5) is 0 Å². The first-order valence-corrected chi connectivity index (χ1v) is 4.10. The maximum atomic E-state index is 5.23. The minimum absolute atomic E-state index is 0.338. The summed E-state index contributed by atoms with van der Waals surface area (Å²) >= 11 is 0. The van der Waals surface area contributed by atoms with Crippen molar-refractivity contribution in [3.05, 3.63) is 23.5 Å². The van der Waals surface area contributed by atoms with Gasteiger partial charge in [0.2, 0.25) is 0 Å². The highest BCUT2D eigenvalue weighted by molar-refractivity contribution is 5.38. The van der Waals surface area contributed by atoms with Crippen LogP contribution in [0.3, 0.4) is 0 Å². The molecular weight excluding hydrogens is 180 g/mol. The molecule has 1 aromatic rings. The summed E-state index contributed by atoms with van der Waals surface area (Å²) in [7, 11) is 3.25. The molecule has 0 saturated carbocycles. The normalized spacial score (nSPS) is 9.50. The summed E-state index contributed by atoms with van der Waals surface area (Å²) in [6, 6.07) is 1.75. The van der Waals surface area contributed by atoms with Gasteiger partial charge in [-0.25, -0.2) is 5.48 Å². The quantitative estimate of drug-likeness (QED) is 0.564. The Labute approximate surface area is 83.2 Å². The fraction of sp³-hybridized carbons (Fsp3) is 0.300. The summed E-state index contributed by atoms with van der Waals surface area (Å²) in [5.41, 5.74) is 3.96. The van der Waals surface area contributed by atoms with Crippen LogP contribution in [0.5, 0.6) is 5.75 Å². The zero-order valence-electron chi connectivity index (χ0n) is 8.20. The highest BCUT2D eigenvalue weighted by Gasteiger charge is 2.05. The van der Waals surface area contributed by atoms with Crippen molar-refractivity contribution in [2.75, 3.05) is 14.2 Å². The van der Waals surface area contributed by atoms with Crippen LogP contribution < -0.4 is 10.2 Å². The Morgan fingerprint density at radius 2 is 2.43 bits per heavy atom. The van der Waals surface area contributed by atoms with E-state index in [0.29, 0.717) is 23.6 Å². The molecule has 0 unspecified atom stereocenters. The van der Waals surface area contributed by atoms with Gasteiger partial charge in [-0.1, -0.05) is 5.92 Å². The van der Waals surface area contributed by atoms with Crippen molar-refractivity contribution < 1.29 is 9.57 Å². The monoisotopic (exact) mass is 192 g/mol. The van der Waals surface area contributed by atoms with Crippen molar-refractivity contribution in [2.24, 2.45) is 0 Å². The van der Waals surface area contributed by atoms with Crippen molar-refractivity contribution in [3.8, 4) is 18.1 Å². The standard InChI is InChI=1S/C10H12N2O2/c1-4-8-5-10(13-3)9(12-6-8)7-14-11-2/h1,5-6,11H,7H2,2-3H3. The Balaban J connectivity index is 2.89. The molecule has 4 heteroatoms. The summed E-state index contributed by atoms with van der Waals surface area (Å²) < 4.78 is 5.12. The molecule has 0 aliphatic heterocycles.